The van der Waals surface area contributed by atoms with Crippen LogP contribution < -0.4 is 18.9 Å². The monoisotopic (exact) mass is 348 g/mol. The summed E-state index contributed by atoms with van der Waals surface area (Å²) in [5.41, 5.74) is 2.01. The zero-order valence-corrected chi connectivity index (χ0v) is 15.0. The standard InChI is InChI=1S/C19H24O6/c1-22-14-8-12(9-15(23-2)18(14)20)6-5-7-13-10-16(24-3)19(21)17(11-13)25-4/h8-11,20-21H,5-7H2,1-4H3. The summed E-state index contributed by atoms with van der Waals surface area (Å²) in [4.78, 5) is 0. The number of aromatic hydroxyl groups is 2. The van der Waals surface area contributed by atoms with E-state index in [9.17, 15) is 10.2 Å². The summed E-state index contributed by atoms with van der Waals surface area (Å²) in [6.45, 7) is 0. The van der Waals surface area contributed by atoms with Crippen LogP contribution in [0.3, 0.4) is 0 Å². The molecule has 0 aliphatic heterocycles. The van der Waals surface area contributed by atoms with Crippen molar-refractivity contribution in [1.82, 2.24) is 0 Å². The predicted molar refractivity (Wildman–Crippen MR) is 94.4 cm³/mol. The lowest BCUT2D eigenvalue weighted by Gasteiger charge is -2.12. The van der Waals surface area contributed by atoms with Gasteiger partial charge in [-0.15, -0.1) is 0 Å². The molecule has 2 aromatic rings. The summed E-state index contributed by atoms with van der Waals surface area (Å²) in [7, 11) is 6.03. The van der Waals surface area contributed by atoms with Crippen LogP contribution in [0, 0.1) is 0 Å². The molecule has 2 aromatic carbocycles. The summed E-state index contributed by atoms with van der Waals surface area (Å²) >= 11 is 0. The molecule has 0 unspecified atom stereocenters. The molecule has 0 bridgehead atoms. The highest BCUT2D eigenvalue weighted by molar-refractivity contribution is 5.53. The minimum atomic E-state index is 0.00163. The quantitative estimate of drug-likeness (QED) is 0.762. The average Bonchev–Trinajstić information content (AvgIpc) is 2.63. The van der Waals surface area contributed by atoms with Crippen molar-refractivity contribution in [2.75, 3.05) is 28.4 Å². The summed E-state index contributed by atoms with van der Waals surface area (Å²) in [5.74, 6) is 1.57. The Bertz CT molecular complexity index is 614. The molecule has 6 nitrogen and oxygen atoms in total. The first-order valence-corrected chi connectivity index (χ1v) is 7.91. The molecular formula is C19H24O6. The highest BCUT2D eigenvalue weighted by Crippen LogP contribution is 2.39. The molecule has 0 aromatic heterocycles. The fourth-order valence-corrected chi connectivity index (χ4v) is 2.68. The van der Waals surface area contributed by atoms with Gasteiger partial charge in [0.25, 0.3) is 0 Å². The van der Waals surface area contributed by atoms with Crippen molar-refractivity contribution in [3.05, 3.63) is 35.4 Å². The smallest absolute Gasteiger partial charge is 0.200 e. The Morgan fingerprint density at radius 1 is 0.600 bits per heavy atom. The first-order valence-electron chi connectivity index (χ1n) is 7.91. The summed E-state index contributed by atoms with van der Waals surface area (Å²) in [6.07, 6.45) is 2.41. The Labute approximate surface area is 147 Å². The second kappa shape index (κ2) is 8.37. The highest BCUT2D eigenvalue weighted by atomic mass is 16.5. The van der Waals surface area contributed by atoms with Crippen molar-refractivity contribution in [2.45, 2.75) is 19.3 Å². The lowest BCUT2D eigenvalue weighted by molar-refractivity contribution is 0.338. The SMILES string of the molecule is COc1cc(CCCc2cc(OC)c(O)c(OC)c2)cc(OC)c1O. The fourth-order valence-electron chi connectivity index (χ4n) is 2.68. The second-order valence-corrected chi connectivity index (χ2v) is 5.55. The van der Waals surface area contributed by atoms with Crippen LogP contribution in [0.5, 0.6) is 34.5 Å². The number of aryl methyl sites for hydroxylation is 2. The van der Waals surface area contributed by atoms with Crippen LogP contribution in [0.25, 0.3) is 0 Å². The third-order valence-electron chi connectivity index (χ3n) is 4.01. The maximum Gasteiger partial charge on any atom is 0.200 e. The molecule has 0 amide bonds. The van der Waals surface area contributed by atoms with Crippen molar-refractivity contribution in [3.8, 4) is 34.5 Å². The van der Waals surface area contributed by atoms with Crippen LogP contribution in [-0.2, 0) is 12.8 Å². The Kier molecular flexibility index (Phi) is 6.22. The zero-order valence-electron chi connectivity index (χ0n) is 15.0. The van der Waals surface area contributed by atoms with E-state index in [2.05, 4.69) is 0 Å². The van der Waals surface area contributed by atoms with Crippen LogP contribution in [0.1, 0.15) is 17.5 Å². The van der Waals surface area contributed by atoms with Gasteiger partial charge in [-0.05, 0) is 54.7 Å². The van der Waals surface area contributed by atoms with E-state index in [1.807, 2.05) is 0 Å². The van der Waals surface area contributed by atoms with E-state index in [1.165, 1.54) is 28.4 Å². The van der Waals surface area contributed by atoms with Crippen molar-refractivity contribution in [2.24, 2.45) is 0 Å². The van der Waals surface area contributed by atoms with Gasteiger partial charge in [0.1, 0.15) is 0 Å². The molecule has 25 heavy (non-hydrogen) atoms. The average molecular weight is 348 g/mol. The van der Waals surface area contributed by atoms with Crippen LogP contribution >= 0.6 is 0 Å². The molecule has 0 spiro atoms. The number of methoxy groups -OCH3 is 4. The van der Waals surface area contributed by atoms with Gasteiger partial charge >= 0.3 is 0 Å². The van der Waals surface area contributed by atoms with E-state index in [4.69, 9.17) is 18.9 Å². The minimum Gasteiger partial charge on any atom is -0.502 e. The maximum absolute atomic E-state index is 9.96. The van der Waals surface area contributed by atoms with Crippen molar-refractivity contribution in [3.63, 3.8) is 0 Å². The molecule has 2 rings (SSSR count). The molecule has 136 valence electrons. The molecule has 0 aliphatic rings. The van der Waals surface area contributed by atoms with E-state index in [0.29, 0.717) is 23.0 Å². The van der Waals surface area contributed by atoms with E-state index in [0.717, 1.165) is 30.4 Å². The Balaban J connectivity index is 2.11. The van der Waals surface area contributed by atoms with Gasteiger partial charge in [-0.2, -0.15) is 0 Å². The number of phenols is 2. The molecule has 0 heterocycles. The topological polar surface area (TPSA) is 77.4 Å². The van der Waals surface area contributed by atoms with E-state index < -0.39 is 0 Å². The summed E-state index contributed by atoms with van der Waals surface area (Å²) in [5, 5.41) is 19.9. The molecular weight excluding hydrogens is 324 g/mol. The van der Waals surface area contributed by atoms with E-state index in [1.54, 1.807) is 24.3 Å². The Morgan fingerprint density at radius 2 is 0.880 bits per heavy atom. The van der Waals surface area contributed by atoms with Gasteiger partial charge in [-0.1, -0.05) is 0 Å². The van der Waals surface area contributed by atoms with Gasteiger partial charge in [0.15, 0.2) is 23.0 Å². The van der Waals surface area contributed by atoms with Gasteiger partial charge in [-0.25, -0.2) is 0 Å². The number of ether oxygens (including phenoxy) is 4. The molecule has 2 N–H and O–H groups in total. The number of phenolic OH excluding ortho intramolecular Hbond substituents is 2. The number of hydrogen-bond donors (Lipinski definition) is 2. The second-order valence-electron chi connectivity index (χ2n) is 5.55. The van der Waals surface area contributed by atoms with Crippen LogP contribution in [0.2, 0.25) is 0 Å². The lowest BCUT2D eigenvalue weighted by Crippen LogP contribution is -1.96. The van der Waals surface area contributed by atoms with Crippen LogP contribution in [-0.4, -0.2) is 38.7 Å². The minimum absolute atomic E-state index is 0.00163. The number of rotatable bonds is 8. The lowest BCUT2D eigenvalue weighted by atomic mass is 10.0. The van der Waals surface area contributed by atoms with Crippen molar-refractivity contribution < 1.29 is 29.2 Å². The zero-order chi connectivity index (χ0) is 18.4. The first-order chi connectivity index (χ1) is 12.0. The van der Waals surface area contributed by atoms with Crippen molar-refractivity contribution >= 4 is 0 Å². The third-order valence-corrected chi connectivity index (χ3v) is 4.01. The van der Waals surface area contributed by atoms with Gasteiger partial charge in [0.05, 0.1) is 28.4 Å². The normalized spacial score (nSPS) is 10.4. The molecule has 0 saturated carbocycles. The fraction of sp³-hybridized carbons (Fsp3) is 0.368. The number of hydrogen-bond acceptors (Lipinski definition) is 6. The van der Waals surface area contributed by atoms with E-state index in [-0.39, 0.29) is 11.5 Å². The molecule has 0 aliphatic carbocycles. The molecule has 0 radical (unpaired) electrons. The largest absolute Gasteiger partial charge is 0.502 e. The summed E-state index contributed by atoms with van der Waals surface area (Å²) < 4.78 is 20.7. The molecule has 0 fully saturated rings. The van der Waals surface area contributed by atoms with Gasteiger partial charge in [0, 0.05) is 0 Å². The van der Waals surface area contributed by atoms with Crippen LogP contribution in [0.15, 0.2) is 24.3 Å². The van der Waals surface area contributed by atoms with Crippen LogP contribution in [0.4, 0.5) is 0 Å². The van der Waals surface area contributed by atoms with Crippen molar-refractivity contribution in [1.29, 1.82) is 0 Å². The first kappa shape index (κ1) is 18.6. The van der Waals surface area contributed by atoms with E-state index >= 15 is 0 Å². The summed E-state index contributed by atoms with van der Waals surface area (Å²) in [6, 6.07) is 7.21. The Morgan fingerprint density at radius 3 is 1.12 bits per heavy atom. The maximum atomic E-state index is 9.96. The number of benzene rings is 2. The predicted octanol–water partition coefficient (Wildman–Crippen LogP) is 3.31. The molecule has 6 heteroatoms. The van der Waals surface area contributed by atoms with Gasteiger partial charge < -0.3 is 29.2 Å². The molecule has 0 saturated heterocycles. The highest BCUT2D eigenvalue weighted by Gasteiger charge is 2.13. The van der Waals surface area contributed by atoms with Gasteiger partial charge in [0.2, 0.25) is 11.5 Å². The molecule has 0 atom stereocenters. The third kappa shape index (κ3) is 4.21. The Hall–Kier alpha value is -2.76. The van der Waals surface area contributed by atoms with Gasteiger partial charge in [-0.3, -0.25) is 0 Å².